The minimum absolute atomic E-state index is 0.0665. The molecule has 0 heterocycles. The van der Waals surface area contributed by atoms with Gasteiger partial charge in [0.05, 0.1) is 23.8 Å². The third-order valence-electron chi connectivity index (χ3n) is 2.95. The maximum Gasteiger partial charge on any atom is 0.314 e. The first kappa shape index (κ1) is 17.2. The van der Waals surface area contributed by atoms with Crippen molar-refractivity contribution in [3.05, 3.63) is 57.6 Å². The number of ether oxygens (including phenoxy) is 1. The summed E-state index contributed by atoms with van der Waals surface area (Å²) in [7, 11) is 1.29. The average Bonchev–Trinajstić information content (AvgIpc) is 2.56. The van der Waals surface area contributed by atoms with E-state index in [0.717, 1.165) is 6.07 Å². The summed E-state index contributed by atoms with van der Waals surface area (Å²) in [5, 5.41) is 16.0. The van der Waals surface area contributed by atoms with Crippen molar-refractivity contribution in [1.29, 1.82) is 0 Å². The lowest BCUT2D eigenvalue weighted by atomic mass is 10.2. The second-order valence-corrected chi connectivity index (χ2v) is 4.99. The topological polar surface area (TPSA) is 111 Å². The number of hydrogen-bond acceptors (Lipinski definition) is 5. The lowest BCUT2D eigenvalue weighted by Crippen LogP contribution is -2.29. The highest BCUT2D eigenvalue weighted by atomic mass is 35.5. The van der Waals surface area contributed by atoms with Gasteiger partial charge in [0, 0.05) is 16.8 Å². The van der Waals surface area contributed by atoms with Gasteiger partial charge in [-0.2, -0.15) is 0 Å². The fraction of sp³-hybridized carbons (Fsp3) is 0.0667. The minimum atomic E-state index is -0.947. The van der Waals surface area contributed by atoms with Crippen molar-refractivity contribution in [1.82, 2.24) is 0 Å². The molecular formula is C15H12ClN3O5. The van der Waals surface area contributed by atoms with Crippen LogP contribution in [0.15, 0.2) is 42.5 Å². The summed E-state index contributed by atoms with van der Waals surface area (Å²) in [6.45, 7) is 0. The van der Waals surface area contributed by atoms with Crippen LogP contribution in [0.4, 0.5) is 17.1 Å². The third-order valence-corrected chi connectivity index (χ3v) is 3.20. The number of benzene rings is 2. The molecule has 0 saturated carbocycles. The number of nitro groups is 1. The van der Waals surface area contributed by atoms with Gasteiger partial charge in [-0.15, -0.1) is 0 Å². The zero-order valence-electron chi connectivity index (χ0n) is 12.4. The van der Waals surface area contributed by atoms with E-state index in [2.05, 4.69) is 10.6 Å². The Morgan fingerprint density at radius 1 is 1.08 bits per heavy atom. The van der Waals surface area contributed by atoms with E-state index in [1.165, 1.54) is 19.2 Å². The Hall–Kier alpha value is -3.13. The van der Waals surface area contributed by atoms with Gasteiger partial charge in [0.1, 0.15) is 5.75 Å². The third kappa shape index (κ3) is 4.20. The summed E-state index contributed by atoms with van der Waals surface area (Å²) in [4.78, 5) is 33.9. The van der Waals surface area contributed by atoms with Gasteiger partial charge in [-0.25, -0.2) is 0 Å². The Morgan fingerprint density at radius 2 is 1.71 bits per heavy atom. The number of nitrogens with zero attached hydrogens (tertiary/aromatic N) is 1. The van der Waals surface area contributed by atoms with E-state index in [4.69, 9.17) is 16.3 Å². The van der Waals surface area contributed by atoms with E-state index in [-0.39, 0.29) is 17.1 Å². The number of non-ortho nitro benzene ring substituents is 1. The number of nitro benzene ring substituents is 1. The van der Waals surface area contributed by atoms with Crippen molar-refractivity contribution < 1.29 is 19.2 Å². The number of hydrogen-bond donors (Lipinski definition) is 2. The molecule has 124 valence electrons. The van der Waals surface area contributed by atoms with E-state index < -0.39 is 16.7 Å². The van der Waals surface area contributed by atoms with E-state index in [9.17, 15) is 19.7 Å². The summed E-state index contributed by atoms with van der Waals surface area (Å²) in [6, 6.07) is 9.83. The first-order chi connectivity index (χ1) is 11.4. The molecule has 2 aromatic rings. The fourth-order valence-electron chi connectivity index (χ4n) is 1.80. The van der Waals surface area contributed by atoms with Gasteiger partial charge in [0.2, 0.25) is 0 Å². The van der Waals surface area contributed by atoms with E-state index >= 15 is 0 Å². The summed E-state index contributed by atoms with van der Waals surface area (Å²) in [5.41, 5.74) is 0.338. The number of amides is 2. The summed E-state index contributed by atoms with van der Waals surface area (Å²) in [5.74, 6) is -1.79. The number of nitrogens with one attached hydrogen (secondary N) is 2. The molecule has 0 atom stereocenters. The van der Waals surface area contributed by atoms with Gasteiger partial charge in [-0.05, 0) is 30.3 Å². The molecule has 2 N–H and O–H groups in total. The molecule has 0 aliphatic heterocycles. The van der Waals surface area contributed by atoms with Crippen LogP contribution >= 0.6 is 11.6 Å². The van der Waals surface area contributed by atoms with Gasteiger partial charge < -0.3 is 15.4 Å². The SMILES string of the molecule is COc1cc([N+](=O)[O-])ccc1NC(=O)C(=O)Nc1ccc(Cl)cc1. The molecule has 0 aliphatic rings. The van der Waals surface area contributed by atoms with Crippen LogP contribution in [0.2, 0.25) is 5.02 Å². The Morgan fingerprint density at radius 3 is 2.29 bits per heavy atom. The molecule has 0 spiro atoms. The van der Waals surface area contributed by atoms with Crippen molar-refractivity contribution in [3.63, 3.8) is 0 Å². The monoisotopic (exact) mass is 349 g/mol. The molecule has 2 amide bonds. The Labute approximate surface area is 141 Å². The summed E-state index contributed by atoms with van der Waals surface area (Å²) >= 11 is 5.73. The molecule has 9 heteroatoms. The van der Waals surface area contributed by atoms with Crippen LogP contribution < -0.4 is 15.4 Å². The molecule has 0 radical (unpaired) electrons. The van der Waals surface area contributed by atoms with Crippen LogP contribution in [0, 0.1) is 10.1 Å². The zero-order valence-corrected chi connectivity index (χ0v) is 13.2. The van der Waals surface area contributed by atoms with E-state index in [0.29, 0.717) is 10.7 Å². The Kier molecular flexibility index (Phi) is 5.33. The van der Waals surface area contributed by atoms with Crippen LogP contribution in [0.3, 0.4) is 0 Å². The lowest BCUT2D eigenvalue weighted by Gasteiger charge is -2.10. The molecule has 24 heavy (non-hydrogen) atoms. The summed E-state index contributed by atoms with van der Waals surface area (Å²) < 4.78 is 4.98. The van der Waals surface area contributed by atoms with Gasteiger partial charge in [0.15, 0.2) is 0 Å². The van der Waals surface area contributed by atoms with Crippen LogP contribution in [-0.4, -0.2) is 23.8 Å². The van der Waals surface area contributed by atoms with Crippen molar-refractivity contribution in [2.45, 2.75) is 0 Å². The number of halogens is 1. The number of anilines is 2. The van der Waals surface area contributed by atoms with Crippen LogP contribution in [0.25, 0.3) is 0 Å². The van der Waals surface area contributed by atoms with Crippen molar-refractivity contribution >= 4 is 40.5 Å². The van der Waals surface area contributed by atoms with Gasteiger partial charge in [-0.1, -0.05) is 11.6 Å². The highest BCUT2D eigenvalue weighted by Gasteiger charge is 2.18. The highest BCUT2D eigenvalue weighted by Crippen LogP contribution is 2.28. The highest BCUT2D eigenvalue weighted by molar-refractivity contribution is 6.43. The number of carbonyl (C=O) groups is 2. The molecule has 0 unspecified atom stereocenters. The second kappa shape index (κ2) is 7.42. The zero-order chi connectivity index (χ0) is 17.7. The van der Waals surface area contributed by atoms with Crippen molar-refractivity contribution in [2.24, 2.45) is 0 Å². The normalized spacial score (nSPS) is 9.92. The maximum absolute atomic E-state index is 11.9. The quantitative estimate of drug-likeness (QED) is 0.501. The van der Waals surface area contributed by atoms with E-state index in [1.54, 1.807) is 24.3 Å². The molecule has 0 aromatic heterocycles. The molecule has 8 nitrogen and oxygen atoms in total. The second-order valence-electron chi connectivity index (χ2n) is 4.56. The molecule has 0 saturated heterocycles. The molecule has 0 aliphatic carbocycles. The van der Waals surface area contributed by atoms with Crippen molar-refractivity contribution in [2.75, 3.05) is 17.7 Å². The molecule has 2 rings (SSSR count). The molecule has 0 bridgehead atoms. The van der Waals surface area contributed by atoms with Crippen LogP contribution in [0.1, 0.15) is 0 Å². The number of rotatable bonds is 4. The first-order valence-electron chi connectivity index (χ1n) is 6.61. The number of carbonyl (C=O) groups excluding carboxylic acids is 2. The molecule has 0 fully saturated rings. The predicted octanol–water partition coefficient (Wildman–Crippen LogP) is 2.83. The average molecular weight is 350 g/mol. The van der Waals surface area contributed by atoms with Gasteiger partial charge in [-0.3, -0.25) is 19.7 Å². The largest absolute Gasteiger partial charge is 0.494 e. The predicted molar refractivity (Wildman–Crippen MR) is 88.4 cm³/mol. The molecular weight excluding hydrogens is 338 g/mol. The number of methoxy groups -OCH3 is 1. The molecule has 2 aromatic carbocycles. The van der Waals surface area contributed by atoms with Gasteiger partial charge >= 0.3 is 11.8 Å². The van der Waals surface area contributed by atoms with Crippen LogP contribution in [0.5, 0.6) is 5.75 Å². The summed E-state index contributed by atoms with van der Waals surface area (Å²) in [6.07, 6.45) is 0. The standard InChI is InChI=1S/C15H12ClN3O5/c1-24-13-8-11(19(22)23)6-7-12(13)18-15(21)14(20)17-10-4-2-9(16)3-5-10/h2-8H,1H3,(H,17,20)(H,18,21). The smallest absolute Gasteiger partial charge is 0.314 e. The Balaban J connectivity index is 2.09. The maximum atomic E-state index is 11.9. The Bertz CT molecular complexity index is 792. The first-order valence-corrected chi connectivity index (χ1v) is 6.99. The lowest BCUT2D eigenvalue weighted by molar-refractivity contribution is -0.384. The van der Waals surface area contributed by atoms with Crippen molar-refractivity contribution in [3.8, 4) is 5.75 Å². The minimum Gasteiger partial charge on any atom is -0.494 e. The van der Waals surface area contributed by atoms with Gasteiger partial charge in [0.25, 0.3) is 5.69 Å². The fourth-order valence-corrected chi connectivity index (χ4v) is 1.92. The van der Waals surface area contributed by atoms with Crippen LogP contribution in [-0.2, 0) is 9.59 Å². The van der Waals surface area contributed by atoms with E-state index in [1.807, 2.05) is 0 Å².